The van der Waals surface area contributed by atoms with Crippen molar-refractivity contribution in [2.45, 2.75) is 12.1 Å². The Labute approximate surface area is 95.8 Å². The van der Waals surface area contributed by atoms with Crippen LogP contribution >= 0.6 is 0 Å². The molecular weight excluding hydrogens is 210 g/mol. The number of carbonyl (C=O) groups excluding carboxylic acids is 1. The van der Waals surface area contributed by atoms with Crippen molar-refractivity contribution in [3.63, 3.8) is 0 Å². The lowest BCUT2D eigenvalue weighted by atomic mass is 10.1. The second kappa shape index (κ2) is 6.15. The smallest absolute Gasteiger partial charge is 0.240 e. The summed E-state index contributed by atoms with van der Waals surface area (Å²) in [4.78, 5) is 15.3. The van der Waals surface area contributed by atoms with Gasteiger partial charge in [0.1, 0.15) is 6.04 Å². The number of rotatable bonds is 4. The maximum Gasteiger partial charge on any atom is 0.240 e. The van der Waals surface area contributed by atoms with E-state index < -0.39 is 6.10 Å². The molecule has 1 heterocycles. The lowest BCUT2D eigenvalue weighted by Crippen LogP contribution is -2.59. The highest BCUT2D eigenvalue weighted by Gasteiger charge is 2.30. The molecule has 1 aliphatic rings. The minimum Gasteiger partial charge on any atom is -0.394 e. The number of aliphatic hydroxyl groups excluding tert-OH is 2. The molecule has 1 fully saturated rings. The maximum atomic E-state index is 11.9. The van der Waals surface area contributed by atoms with E-state index in [2.05, 4.69) is 5.32 Å². The van der Waals surface area contributed by atoms with Crippen LogP contribution < -0.4 is 5.32 Å². The van der Waals surface area contributed by atoms with Gasteiger partial charge in [-0.2, -0.15) is 0 Å². The van der Waals surface area contributed by atoms with Gasteiger partial charge in [0.15, 0.2) is 0 Å². The number of hydrogen-bond donors (Lipinski definition) is 3. The maximum absolute atomic E-state index is 11.9. The van der Waals surface area contributed by atoms with E-state index in [0.29, 0.717) is 19.6 Å². The molecule has 0 aliphatic carbocycles. The number of aliphatic hydroxyl groups is 2. The second-order valence-electron chi connectivity index (χ2n) is 4.28. The normalized spacial score (nSPS) is 24.1. The molecule has 1 aliphatic heterocycles. The van der Waals surface area contributed by atoms with E-state index in [9.17, 15) is 9.90 Å². The van der Waals surface area contributed by atoms with Crippen molar-refractivity contribution in [3.05, 3.63) is 0 Å². The molecule has 2 unspecified atom stereocenters. The van der Waals surface area contributed by atoms with Gasteiger partial charge in [0.05, 0.1) is 12.7 Å². The standard InChI is InChI=1S/C10H21N3O3/c1-12(2)10(16)9-5-11-3-4-13(9)6-8(15)7-14/h8-9,11,14-15H,3-7H2,1-2H3. The lowest BCUT2D eigenvalue weighted by Gasteiger charge is -2.37. The summed E-state index contributed by atoms with van der Waals surface area (Å²) in [6.07, 6.45) is -0.782. The molecule has 6 heteroatoms. The summed E-state index contributed by atoms with van der Waals surface area (Å²) in [6.45, 7) is 2.17. The quantitative estimate of drug-likeness (QED) is 0.507. The topological polar surface area (TPSA) is 76.0 Å². The Bertz CT molecular complexity index is 235. The molecule has 6 nitrogen and oxygen atoms in total. The van der Waals surface area contributed by atoms with Gasteiger partial charge in [-0.25, -0.2) is 0 Å². The molecular formula is C10H21N3O3. The summed E-state index contributed by atoms with van der Waals surface area (Å²) in [5, 5.41) is 21.4. The second-order valence-corrected chi connectivity index (χ2v) is 4.28. The van der Waals surface area contributed by atoms with Gasteiger partial charge >= 0.3 is 0 Å². The third-order valence-corrected chi connectivity index (χ3v) is 2.74. The van der Waals surface area contributed by atoms with Crippen LogP contribution in [0.1, 0.15) is 0 Å². The predicted molar refractivity (Wildman–Crippen MR) is 60.0 cm³/mol. The van der Waals surface area contributed by atoms with Crippen molar-refractivity contribution in [3.8, 4) is 0 Å². The number of nitrogens with zero attached hydrogens (tertiary/aromatic N) is 2. The SMILES string of the molecule is CN(C)C(=O)C1CNCCN1CC(O)CO. The number of β-amino-alcohol motifs (C(OH)–C–C–N with tert-alkyl or cyclic N) is 1. The molecule has 0 saturated carbocycles. The van der Waals surface area contributed by atoms with E-state index in [0.717, 1.165) is 6.54 Å². The Balaban J connectivity index is 2.60. The van der Waals surface area contributed by atoms with Crippen LogP contribution in [0, 0.1) is 0 Å². The van der Waals surface area contributed by atoms with Crippen LogP contribution in [-0.2, 0) is 4.79 Å². The van der Waals surface area contributed by atoms with E-state index in [4.69, 9.17) is 5.11 Å². The van der Waals surface area contributed by atoms with E-state index in [1.54, 1.807) is 19.0 Å². The van der Waals surface area contributed by atoms with Crippen molar-refractivity contribution < 1.29 is 15.0 Å². The molecule has 0 bridgehead atoms. The predicted octanol–water partition coefficient (Wildman–Crippen LogP) is -2.30. The summed E-state index contributed by atoms with van der Waals surface area (Å²) in [6, 6.07) is -0.245. The van der Waals surface area contributed by atoms with Crippen molar-refractivity contribution in [1.29, 1.82) is 0 Å². The lowest BCUT2D eigenvalue weighted by molar-refractivity contribution is -0.135. The number of hydrogen-bond acceptors (Lipinski definition) is 5. The van der Waals surface area contributed by atoms with Crippen LogP contribution in [0.5, 0.6) is 0 Å². The number of piperazine rings is 1. The Morgan fingerprint density at radius 1 is 1.62 bits per heavy atom. The minimum absolute atomic E-state index is 0.0253. The molecule has 0 spiro atoms. The highest BCUT2D eigenvalue weighted by Crippen LogP contribution is 2.06. The first-order valence-corrected chi connectivity index (χ1v) is 5.51. The van der Waals surface area contributed by atoms with Gasteiger partial charge in [0.25, 0.3) is 0 Å². The molecule has 0 aromatic heterocycles. The zero-order valence-corrected chi connectivity index (χ0v) is 9.89. The zero-order valence-electron chi connectivity index (χ0n) is 9.89. The van der Waals surface area contributed by atoms with Crippen LogP contribution in [0.15, 0.2) is 0 Å². The number of nitrogens with one attached hydrogen (secondary N) is 1. The van der Waals surface area contributed by atoms with Crippen LogP contribution in [-0.4, -0.2) is 84.9 Å². The van der Waals surface area contributed by atoms with E-state index in [1.807, 2.05) is 4.90 Å². The van der Waals surface area contributed by atoms with E-state index in [1.165, 1.54) is 0 Å². The number of carbonyl (C=O) groups is 1. The Morgan fingerprint density at radius 2 is 2.31 bits per heavy atom. The Kier molecular flexibility index (Phi) is 5.14. The van der Waals surface area contributed by atoms with Gasteiger partial charge in [-0.1, -0.05) is 0 Å². The first-order chi connectivity index (χ1) is 7.56. The molecule has 3 N–H and O–H groups in total. The molecule has 1 amide bonds. The summed E-state index contributed by atoms with van der Waals surface area (Å²) in [5.41, 5.74) is 0. The fraction of sp³-hybridized carbons (Fsp3) is 0.900. The summed E-state index contributed by atoms with van der Waals surface area (Å²) >= 11 is 0. The third-order valence-electron chi connectivity index (χ3n) is 2.74. The van der Waals surface area contributed by atoms with Crippen molar-refractivity contribution in [2.24, 2.45) is 0 Å². The molecule has 0 aromatic rings. The molecule has 0 aromatic carbocycles. The average molecular weight is 231 g/mol. The average Bonchev–Trinajstić information content (AvgIpc) is 2.28. The molecule has 1 saturated heterocycles. The Hall–Kier alpha value is -0.690. The zero-order chi connectivity index (χ0) is 12.1. The molecule has 1 rings (SSSR count). The highest BCUT2D eigenvalue weighted by atomic mass is 16.3. The van der Waals surface area contributed by atoms with Gasteiger partial charge in [0.2, 0.25) is 5.91 Å². The fourth-order valence-electron chi connectivity index (χ4n) is 1.83. The number of likely N-dealkylation sites (N-methyl/N-ethyl adjacent to an activating group) is 1. The summed E-state index contributed by atoms with van der Waals surface area (Å²) < 4.78 is 0. The third kappa shape index (κ3) is 3.41. The van der Waals surface area contributed by atoms with Crippen molar-refractivity contribution >= 4 is 5.91 Å². The van der Waals surface area contributed by atoms with Gasteiger partial charge in [-0.05, 0) is 0 Å². The minimum atomic E-state index is -0.782. The van der Waals surface area contributed by atoms with Crippen LogP contribution in [0.2, 0.25) is 0 Å². The molecule has 2 atom stereocenters. The van der Waals surface area contributed by atoms with Crippen LogP contribution in [0.25, 0.3) is 0 Å². The molecule has 16 heavy (non-hydrogen) atoms. The highest BCUT2D eigenvalue weighted by molar-refractivity contribution is 5.81. The first kappa shape index (κ1) is 13.4. The Morgan fingerprint density at radius 3 is 2.88 bits per heavy atom. The first-order valence-electron chi connectivity index (χ1n) is 5.51. The van der Waals surface area contributed by atoms with Gasteiger partial charge in [0, 0.05) is 40.3 Å². The molecule has 94 valence electrons. The van der Waals surface area contributed by atoms with Crippen LogP contribution in [0.4, 0.5) is 0 Å². The van der Waals surface area contributed by atoms with E-state index in [-0.39, 0.29) is 18.6 Å². The summed E-state index contributed by atoms with van der Waals surface area (Å²) in [5.74, 6) is 0.0253. The molecule has 0 radical (unpaired) electrons. The van der Waals surface area contributed by atoms with Gasteiger partial charge in [-0.15, -0.1) is 0 Å². The van der Waals surface area contributed by atoms with Gasteiger partial charge in [-0.3, -0.25) is 9.69 Å². The van der Waals surface area contributed by atoms with Crippen LogP contribution in [0.3, 0.4) is 0 Å². The van der Waals surface area contributed by atoms with Gasteiger partial charge < -0.3 is 20.4 Å². The van der Waals surface area contributed by atoms with E-state index >= 15 is 0 Å². The number of amides is 1. The van der Waals surface area contributed by atoms with Crippen molar-refractivity contribution in [2.75, 3.05) is 46.9 Å². The fourth-order valence-corrected chi connectivity index (χ4v) is 1.83. The summed E-state index contributed by atoms with van der Waals surface area (Å²) in [7, 11) is 3.44. The largest absolute Gasteiger partial charge is 0.394 e. The monoisotopic (exact) mass is 231 g/mol. The van der Waals surface area contributed by atoms with Crippen molar-refractivity contribution in [1.82, 2.24) is 15.1 Å².